The van der Waals surface area contributed by atoms with Crippen LogP contribution in [0, 0.1) is 0 Å². The van der Waals surface area contributed by atoms with Gasteiger partial charge in [-0.2, -0.15) is 0 Å². The lowest BCUT2D eigenvalue weighted by atomic mass is 10.2. The van der Waals surface area contributed by atoms with Gasteiger partial charge in [-0.15, -0.1) is 0 Å². The van der Waals surface area contributed by atoms with Gasteiger partial charge in [0.2, 0.25) is 0 Å². The number of hydrogen-bond acceptors (Lipinski definition) is 5. The second-order valence-electron chi connectivity index (χ2n) is 3.88. The van der Waals surface area contributed by atoms with Crippen LogP contribution in [0.4, 0.5) is 4.79 Å². The average Bonchev–Trinajstić information content (AvgIpc) is 2.44. The van der Waals surface area contributed by atoms with E-state index in [1.807, 2.05) is 6.07 Å². The van der Waals surface area contributed by atoms with Crippen LogP contribution >= 0.6 is 0 Å². The van der Waals surface area contributed by atoms with Gasteiger partial charge in [-0.3, -0.25) is 4.79 Å². The Morgan fingerprint density at radius 2 is 1.90 bits per heavy atom. The van der Waals surface area contributed by atoms with Crippen LogP contribution in [0.15, 0.2) is 30.3 Å². The lowest BCUT2D eigenvalue weighted by molar-refractivity contribution is -0.148. The zero-order valence-corrected chi connectivity index (χ0v) is 10.9. The first kappa shape index (κ1) is 15.5. The summed E-state index contributed by atoms with van der Waals surface area (Å²) in [5.41, 5.74) is 0.774. The molecule has 0 aliphatic rings. The first-order chi connectivity index (χ1) is 9.52. The average molecular weight is 281 g/mol. The molecule has 0 saturated carbocycles. The van der Waals surface area contributed by atoms with E-state index in [1.54, 1.807) is 24.3 Å². The number of methoxy groups -OCH3 is 1. The molecule has 1 aromatic rings. The number of carbonyl (C=O) groups excluding carboxylic acids is 2. The van der Waals surface area contributed by atoms with E-state index in [1.165, 1.54) is 0 Å². The summed E-state index contributed by atoms with van der Waals surface area (Å²) in [6.07, 6.45) is -1.46. The van der Waals surface area contributed by atoms with Gasteiger partial charge in [0, 0.05) is 0 Å². The molecular weight excluding hydrogens is 266 g/mol. The molecule has 0 bridgehead atoms. The largest absolute Gasteiger partial charge is 0.481 e. The second kappa shape index (κ2) is 7.78. The van der Waals surface area contributed by atoms with E-state index in [4.69, 9.17) is 9.84 Å². The Labute approximate surface area is 115 Å². The molecule has 0 heterocycles. The summed E-state index contributed by atoms with van der Waals surface area (Å²) in [5, 5.41) is 10.8. The van der Waals surface area contributed by atoms with E-state index in [9.17, 15) is 14.4 Å². The number of rotatable bonds is 6. The summed E-state index contributed by atoms with van der Waals surface area (Å²) in [4.78, 5) is 33.4. The molecular formula is C13H15NO6. The highest BCUT2D eigenvalue weighted by Crippen LogP contribution is 2.02. The van der Waals surface area contributed by atoms with Gasteiger partial charge in [0.15, 0.2) is 0 Å². The Morgan fingerprint density at radius 3 is 2.45 bits per heavy atom. The third-order valence-corrected chi connectivity index (χ3v) is 2.37. The van der Waals surface area contributed by atoms with Crippen LogP contribution in [0.25, 0.3) is 0 Å². The summed E-state index contributed by atoms with van der Waals surface area (Å²) in [6.45, 7) is 0.0215. The van der Waals surface area contributed by atoms with Crippen molar-refractivity contribution in [2.45, 2.75) is 19.1 Å². The number of carboxylic acids is 1. The first-order valence-electron chi connectivity index (χ1n) is 5.79. The number of hydrogen-bond donors (Lipinski definition) is 2. The summed E-state index contributed by atoms with van der Waals surface area (Å²) >= 11 is 0. The van der Waals surface area contributed by atoms with Crippen LogP contribution in [0.1, 0.15) is 12.0 Å². The number of carboxylic acid groups (broad SMARTS) is 1. The molecule has 108 valence electrons. The molecule has 1 aromatic carbocycles. The molecule has 0 radical (unpaired) electrons. The normalized spacial score (nSPS) is 11.2. The highest BCUT2D eigenvalue weighted by Gasteiger charge is 2.25. The Bertz CT molecular complexity index is 473. The van der Waals surface area contributed by atoms with Gasteiger partial charge in [-0.1, -0.05) is 30.3 Å². The van der Waals surface area contributed by atoms with Gasteiger partial charge in [0.1, 0.15) is 12.6 Å². The molecule has 7 nitrogen and oxygen atoms in total. The first-order valence-corrected chi connectivity index (χ1v) is 5.79. The number of aliphatic carboxylic acids is 1. The van der Waals surface area contributed by atoms with Crippen LogP contribution in [0.3, 0.4) is 0 Å². The Balaban J connectivity index is 2.49. The molecule has 20 heavy (non-hydrogen) atoms. The number of esters is 1. The molecule has 0 saturated heterocycles. The molecule has 0 aliphatic carbocycles. The van der Waals surface area contributed by atoms with Gasteiger partial charge >= 0.3 is 18.0 Å². The zero-order chi connectivity index (χ0) is 15.0. The Kier molecular flexibility index (Phi) is 6.02. The smallest absolute Gasteiger partial charge is 0.408 e. The summed E-state index contributed by atoms with van der Waals surface area (Å²) in [6, 6.07) is 7.66. The van der Waals surface area contributed by atoms with E-state index >= 15 is 0 Å². The van der Waals surface area contributed by atoms with E-state index in [2.05, 4.69) is 10.1 Å². The number of nitrogens with one attached hydrogen (secondary N) is 1. The van der Waals surface area contributed by atoms with Gasteiger partial charge in [-0.05, 0) is 5.56 Å². The molecule has 0 unspecified atom stereocenters. The van der Waals surface area contributed by atoms with Crippen molar-refractivity contribution in [1.82, 2.24) is 5.32 Å². The summed E-state index contributed by atoms with van der Waals surface area (Å²) in [5.74, 6) is -2.08. The molecule has 0 fully saturated rings. The van der Waals surface area contributed by atoms with Crippen molar-refractivity contribution < 1.29 is 29.0 Å². The SMILES string of the molecule is COC(=O)[C@@H](CC(=O)O)NC(=O)OCc1ccccc1. The van der Waals surface area contributed by atoms with E-state index in [-0.39, 0.29) is 6.61 Å². The number of ether oxygens (including phenoxy) is 2. The van der Waals surface area contributed by atoms with Gasteiger partial charge in [-0.25, -0.2) is 9.59 Å². The quantitative estimate of drug-likeness (QED) is 0.752. The number of benzene rings is 1. The third kappa shape index (κ3) is 5.38. The highest BCUT2D eigenvalue weighted by atomic mass is 16.6. The van der Waals surface area contributed by atoms with Gasteiger partial charge in [0.25, 0.3) is 0 Å². The monoisotopic (exact) mass is 281 g/mol. The van der Waals surface area contributed by atoms with Crippen molar-refractivity contribution in [3.63, 3.8) is 0 Å². The molecule has 0 aromatic heterocycles. The molecule has 0 spiro atoms. The van der Waals surface area contributed by atoms with Crippen LogP contribution < -0.4 is 5.32 Å². The zero-order valence-electron chi connectivity index (χ0n) is 10.9. The molecule has 2 N–H and O–H groups in total. The van der Waals surface area contributed by atoms with E-state index < -0.39 is 30.5 Å². The lowest BCUT2D eigenvalue weighted by Crippen LogP contribution is -2.43. The fourth-order valence-electron chi connectivity index (χ4n) is 1.42. The standard InChI is InChI=1S/C13H15NO6/c1-19-12(17)10(7-11(15)16)14-13(18)20-8-9-5-3-2-4-6-9/h2-6,10H,7-8H2,1H3,(H,14,18)(H,15,16)/t10-/m1/s1. The minimum Gasteiger partial charge on any atom is -0.481 e. The fourth-order valence-corrected chi connectivity index (χ4v) is 1.42. The maximum atomic E-state index is 11.5. The van der Waals surface area contributed by atoms with Crippen molar-refractivity contribution in [3.8, 4) is 0 Å². The molecule has 1 atom stereocenters. The van der Waals surface area contributed by atoms with Crippen molar-refractivity contribution in [3.05, 3.63) is 35.9 Å². The number of amides is 1. The predicted molar refractivity (Wildman–Crippen MR) is 67.8 cm³/mol. The predicted octanol–water partition coefficient (Wildman–Crippen LogP) is 0.929. The van der Waals surface area contributed by atoms with Gasteiger partial charge in [0.05, 0.1) is 13.5 Å². The fraction of sp³-hybridized carbons (Fsp3) is 0.308. The van der Waals surface area contributed by atoms with Crippen LogP contribution in [0.5, 0.6) is 0 Å². The second-order valence-corrected chi connectivity index (χ2v) is 3.88. The van der Waals surface area contributed by atoms with Crippen molar-refractivity contribution in [2.75, 3.05) is 7.11 Å². The maximum absolute atomic E-state index is 11.5. The van der Waals surface area contributed by atoms with Crippen LogP contribution in [-0.2, 0) is 25.7 Å². The topological polar surface area (TPSA) is 102 Å². The summed E-state index contributed by atoms with van der Waals surface area (Å²) < 4.78 is 9.29. The van der Waals surface area contributed by atoms with E-state index in [0.29, 0.717) is 0 Å². The minimum absolute atomic E-state index is 0.0215. The maximum Gasteiger partial charge on any atom is 0.408 e. The number of alkyl carbamates (subject to hydrolysis) is 1. The summed E-state index contributed by atoms with van der Waals surface area (Å²) in [7, 11) is 1.11. The molecule has 1 rings (SSSR count). The van der Waals surface area contributed by atoms with Gasteiger partial charge < -0.3 is 19.9 Å². The van der Waals surface area contributed by atoms with Crippen molar-refractivity contribution >= 4 is 18.0 Å². The molecule has 0 aliphatic heterocycles. The van der Waals surface area contributed by atoms with E-state index in [0.717, 1.165) is 12.7 Å². The minimum atomic E-state index is -1.28. The Hall–Kier alpha value is -2.57. The third-order valence-electron chi connectivity index (χ3n) is 2.37. The molecule has 7 heteroatoms. The highest BCUT2D eigenvalue weighted by molar-refractivity contribution is 5.85. The molecule has 1 amide bonds. The number of carbonyl (C=O) groups is 3. The van der Waals surface area contributed by atoms with Crippen LogP contribution in [0.2, 0.25) is 0 Å². The lowest BCUT2D eigenvalue weighted by Gasteiger charge is -2.14. The van der Waals surface area contributed by atoms with Crippen LogP contribution in [-0.4, -0.2) is 36.3 Å². The van der Waals surface area contributed by atoms with Crippen molar-refractivity contribution in [2.24, 2.45) is 0 Å². The van der Waals surface area contributed by atoms with Crippen molar-refractivity contribution in [1.29, 1.82) is 0 Å². The Morgan fingerprint density at radius 1 is 1.25 bits per heavy atom.